The van der Waals surface area contributed by atoms with Crippen molar-refractivity contribution in [2.24, 2.45) is 28.7 Å². The van der Waals surface area contributed by atoms with Crippen LogP contribution >= 0.6 is 24.0 Å². The van der Waals surface area contributed by atoms with Crippen LogP contribution in [0.1, 0.15) is 18.4 Å². The molecule has 1 aromatic rings. The van der Waals surface area contributed by atoms with Gasteiger partial charge in [-0.15, -0.1) is 24.0 Å². The van der Waals surface area contributed by atoms with Gasteiger partial charge in [-0.1, -0.05) is 24.3 Å². The Labute approximate surface area is 194 Å². The SMILES string of the molecule is CN=C(NCCCN1C(=O)C2C3C=CC(C3)C2C1=O)NCc1ccc(OC)cc1.I. The van der Waals surface area contributed by atoms with Crippen LogP contribution < -0.4 is 15.4 Å². The number of benzene rings is 1. The van der Waals surface area contributed by atoms with E-state index in [-0.39, 0.29) is 59.5 Å². The van der Waals surface area contributed by atoms with Crippen LogP contribution in [0.4, 0.5) is 0 Å². The van der Waals surface area contributed by atoms with Gasteiger partial charge in [0, 0.05) is 26.7 Å². The van der Waals surface area contributed by atoms with Gasteiger partial charge >= 0.3 is 0 Å². The van der Waals surface area contributed by atoms with Crippen LogP contribution in [0.2, 0.25) is 0 Å². The Morgan fingerprint density at radius 3 is 2.30 bits per heavy atom. The van der Waals surface area contributed by atoms with E-state index in [0.717, 1.165) is 17.7 Å². The van der Waals surface area contributed by atoms with Gasteiger partial charge in [0.05, 0.1) is 18.9 Å². The number of allylic oxidation sites excluding steroid dienone is 2. The van der Waals surface area contributed by atoms with Gasteiger partial charge in [0.25, 0.3) is 0 Å². The van der Waals surface area contributed by atoms with E-state index in [1.54, 1.807) is 14.2 Å². The Bertz CT molecular complexity index is 809. The maximum Gasteiger partial charge on any atom is 0.233 e. The van der Waals surface area contributed by atoms with Crippen molar-refractivity contribution in [3.63, 3.8) is 0 Å². The Kier molecular flexibility index (Phi) is 7.38. The fourth-order valence-corrected chi connectivity index (χ4v) is 4.78. The molecule has 2 N–H and O–H groups in total. The summed E-state index contributed by atoms with van der Waals surface area (Å²) in [4.78, 5) is 31.1. The third kappa shape index (κ3) is 4.33. The average Bonchev–Trinajstić information content (AvgIpc) is 3.43. The predicted molar refractivity (Wildman–Crippen MR) is 126 cm³/mol. The molecule has 8 heteroatoms. The standard InChI is InChI=1S/C22H28N4O3.HI/c1-23-22(25-13-14-4-8-17(29-2)9-5-14)24-10-3-11-26-20(27)18-15-6-7-16(12-15)19(18)21(26)28;/h4-9,15-16,18-19H,3,10-13H2,1-2H3,(H2,23,24,25);1H. The maximum absolute atomic E-state index is 12.7. The van der Waals surface area contributed by atoms with Crippen LogP contribution in [0, 0.1) is 23.7 Å². The number of hydrogen-bond donors (Lipinski definition) is 2. The van der Waals surface area contributed by atoms with E-state index in [2.05, 4.69) is 27.8 Å². The van der Waals surface area contributed by atoms with Gasteiger partial charge in [0.2, 0.25) is 11.8 Å². The number of nitrogens with one attached hydrogen (secondary N) is 2. The number of likely N-dealkylation sites (tertiary alicyclic amines) is 1. The van der Waals surface area contributed by atoms with E-state index in [0.29, 0.717) is 32.0 Å². The fourth-order valence-electron chi connectivity index (χ4n) is 4.78. The van der Waals surface area contributed by atoms with Gasteiger partial charge in [-0.2, -0.15) is 0 Å². The summed E-state index contributed by atoms with van der Waals surface area (Å²) < 4.78 is 5.17. The molecule has 1 saturated carbocycles. The number of ether oxygens (including phenoxy) is 1. The monoisotopic (exact) mass is 524 g/mol. The molecule has 0 spiro atoms. The molecule has 2 amide bonds. The minimum Gasteiger partial charge on any atom is -0.497 e. The Morgan fingerprint density at radius 2 is 1.73 bits per heavy atom. The summed E-state index contributed by atoms with van der Waals surface area (Å²) in [6, 6.07) is 7.86. The molecule has 2 fully saturated rings. The van der Waals surface area contributed by atoms with E-state index < -0.39 is 0 Å². The van der Waals surface area contributed by atoms with Crippen molar-refractivity contribution in [3.05, 3.63) is 42.0 Å². The van der Waals surface area contributed by atoms with Gasteiger partial charge in [0.1, 0.15) is 5.75 Å². The third-order valence-corrected chi connectivity index (χ3v) is 6.26. The average molecular weight is 524 g/mol. The zero-order valence-corrected chi connectivity index (χ0v) is 19.7. The second-order valence-electron chi connectivity index (χ2n) is 7.88. The lowest BCUT2D eigenvalue weighted by Crippen LogP contribution is -2.39. The van der Waals surface area contributed by atoms with Gasteiger partial charge in [-0.05, 0) is 42.4 Å². The highest BCUT2D eigenvalue weighted by atomic mass is 127. The molecular weight excluding hydrogens is 495 g/mol. The lowest BCUT2D eigenvalue weighted by atomic mass is 9.85. The van der Waals surface area contributed by atoms with Gasteiger partial charge < -0.3 is 15.4 Å². The van der Waals surface area contributed by atoms with Gasteiger partial charge in [-0.3, -0.25) is 19.5 Å². The number of carbonyl (C=O) groups is 2. The van der Waals surface area contributed by atoms with Crippen molar-refractivity contribution in [1.29, 1.82) is 0 Å². The minimum absolute atomic E-state index is 0. The van der Waals surface area contributed by atoms with E-state index in [1.807, 2.05) is 24.3 Å². The van der Waals surface area contributed by atoms with Crippen molar-refractivity contribution in [3.8, 4) is 5.75 Å². The molecule has 3 aliphatic rings. The summed E-state index contributed by atoms with van der Waals surface area (Å²) >= 11 is 0. The van der Waals surface area contributed by atoms with Crippen molar-refractivity contribution in [2.75, 3.05) is 27.2 Å². The summed E-state index contributed by atoms with van der Waals surface area (Å²) in [5.74, 6) is 1.90. The highest BCUT2D eigenvalue weighted by molar-refractivity contribution is 14.0. The van der Waals surface area contributed by atoms with E-state index >= 15 is 0 Å². The summed E-state index contributed by atoms with van der Waals surface area (Å²) in [5, 5.41) is 6.51. The number of fused-ring (bicyclic) bond motifs is 5. The molecule has 2 bridgehead atoms. The highest BCUT2D eigenvalue weighted by Crippen LogP contribution is 2.52. The van der Waals surface area contributed by atoms with Gasteiger partial charge in [0.15, 0.2) is 5.96 Å². The van der Waals surface area contributed by atoms with E-state index in [4.69, 9.17) is 4.74 Å². The lowest BCUT2D eigenvalue weighted by molar-refractivity contribution is -0.140. The fraction of sp³-hybridized carbons (Fsp3) is 0.500. The molecule has 4 unspecified atom stereocenters. The molecule has 4 rings (SSSR count). The summed E-state index contributed by atoms with van der Waals surface area (Å²) in [7, 11) is 3.37. The van der Waals surface area contributed by atoms with Crippen LogP contribution in [0.15, 0.2) is 41.4 Å². The van der Waals surface area contributed by atoms with Crippen LogP contribution in [0.3, 0.4) is 0 Å². The summed E-state index contributed by atoms with van der Waals surface area (Å²) in [5.41, 5.74) is 1.12. The molecule has 1 saturated heterocycles. The van der Waals surface area contributed by atoms with Crippen molar-refractivity contribution in [1.82, 2.24) is 15.5 Å². The van der Waals surface area contributed by atoms with E-state index in [1.165, 1.54) is 4.90 Å². The van der Waals surface area contributed by atoms with Crippen LogP contribution in [0.5, 0.6) is 5.75 Å². The van der Waals surface area contributed by atoms with Crippen molar-refractivity contribution in [2.45, 2.75) is 19.4 Å². The lowest BCUT2D eigenvalue weighted by Gasteiger charge is -2.18. The number of hydrogen-bond acceptors (Lipinski definition) is 4. The zero-order chi connectivity index (χ0) is 20.4. The van der Waals surface area contributed by atoms with E-state index in [9.17, 15) is 9.59 Å². The number of rotatable bonds is 7. The quantitative estimate of drug-likeness (QED) is 0.143. The molecule has 1 aliphatic heterocycles. The molecule has 0 radical (unpaired) electrons. The molecule has 162 valence electrons. The molecule has 2 aliphatic carbocycles. The minimum atomic E-state index is -0.107. The maximum atomic E-state index is 12.7. The first-order valence-corrected chi connectivity index (χ1v) is 10.2. The van der Waals surface area contributed by atoms with Crippen molar-refractivity contribution < 1.29 is 14.3 Å². The number of amides is 2. The molecule has 0 aromatic heterocycles. The normalized spacial score (nSPS) is 26.6. The number of guanidine groups is 1. The Balaban J connectivity index is 0.00000256. The number of imide groups is 1. The largest absolute Gasteiger partial charge is 0.497 e. The summed E-state index contributed by atoms with van der Waals surface area (Å²) in [6.45, 7) is 1.75. The first-order valence-electron chi connectivity index (χ1n) is 10.2. The highest BCUT2D eigenvalue weighted by Gasteiger charge is 2.58. The molecular formula is C22H29IN4O3. The number of halogens is 1. The predicted octanol–water partition coefficient (Wildman–Crippen LogP) is 2.18. The molecule has 1 aromatic carbocycles. The second-order valence-corrected chi connectivity index (χ2v) is 7.88. The topological polar surface area (TPSA) is 83.0 Å². The smallest absolute Gasteiger partial charge is 0.233 e. The Hall–Kier alpha value is -2.10. The zero-order valence-electron chi connectivity index (χ0n) is 17.3. The van der Waals surface area contributed by atoms with Crippen LogP contribution in [0.25, 0.3) is 0 Å². The van der Waals surface area contributed by atoms with Gasteiger partial charge in [-0.25, -0.2) is 0 Å². The molecule has 4 atom stereocenters. The first-order chi connectivity index (χ1) is 14.1. The second kappa shape index (κ2) is 9.80. The van der Waals surface area contributed by atoms with Crippen LogP contribution in [-0.2, 0) is 16.1 Å². The summed E-state index contributed by atoms with van der Waals surface area (Å²) in [6.07, 6.45) is 5.92. The van der Waals surface area contributed by atoms with Crippen LogP contribution in [-0.4, -0.2) is 49.9 Å². The molecule has 7 nitrogen and oxygen atoms in total. The van der Waals surface area contributed by atoms with Crippen molar-refractivity contribution >= 4 is 41.8 Å². The number of carbonyl (C=O) groups excluding carboxylic acids is 2. The number of aliphatic imine (C=N–C) groups is 1. The Morgan fingerprint density at radius 1 is 1.10 bits per heavy atom. The number of nitrogens with zero attached hydrogens (tertiary/aromatic N) is 2. The third-order valence-electron chi connectivity index (χ3n) is 6.26. The first kappa shape index (κ1) is 22.6. The number of methoxy groups -OCH3 is 1. The molecule has 30 heavy (non-hydrogen) atoms. The molecule has 1 heterocycles.